The van der Waals surface area contributed by atoms with Crippen LogP contribution >= 0.6 is 0 Å². The molecule has 1 fully saturated rings. The number of piperazine rings is 1. The van der Waals surface area contributed by atoms with Crippen LogP contribution in [0.4, 0.5) is 5.69 Å². The second-order valence-electron chi connectivity index (χ2n) is 7.62. The number of benzene rings is 1. The van der Waals surface area contributed by atoms with Crippen molar-refractivity contribution in [3.8, 4) is 0 Å². The van der Waals surface area contributed by atoms with Crippen molar-refractivity contribution < 1.29 is 4.79 Å². The predicted octanol–water partition coefficient (Wildman–Crippen LogP) is 2.15. The van der Waals surface area contributed by atoms with Crippen molar-refractivity contribution in [3.05, 3.63) is 34.9 Å². The largest absolute Gasteiger partial charge is 0.369 e. The molecule has 1 aliphatic heterocycles. The second kappa shape index (κ2) is 7.58. The van der Waals surface area contributed by atoms with Crippen molar-refractivity contribution in [3.63, 3.8) is 0 Å². The van der Waals surface area contributed by atoms with Crippen molar-refractivity contribution in [1.29, 1.82) is 0 Å². The quantitative estimate of drug-likeness (QED) is 0.822. The van der Waals surface area contributed by atoms with Crippen LogP contribution in [-0.2, 0) is 11.3 Å². The monoisotopic (exact) mass is 356 g/mol. The summed E-state index contributed by atoms with van der Waals surface area (Å²) in [7, 11) is 0. The first kappa shape index (κ1) is 18.6. The number of fused-ring (bicyclic) bond motifs is 1. The zero-order valence-corrected chi connectivity index (χ0v) is 16.1. The molecule has 2 aromatic rings. The number of aromatic nitrogens is 2. The zero-order chi connectivity index (χ0) is 18.8. The van der Waals surface area contributed by atoms with E-state index in [9.17, 15) is 9.59 Å². The van der Waals surface area contributed by atoms with Crippen molar-refractivity contribution in [2.45, 2.75) is 40.3 Å². The molecule has 2 heterocycles. The fourth-order valence-electron chi connectivity index (χ4n) is 3.30. The number of nitrogens with zero attached hydrogens (tertiary/aromatic N) is 4. The van der Waals surface area contributed by atoms with E-state index in [-0.39, 0.29) is 23.8 Å². The Hall–Kier alpha value is -2.21. The molecule has 26 heavy (non-hydrogen) atoms. The van der Waals surface area contributed by atoms with Gasteiger partial charge in [-0.2, -0.15) is 0 Å². The van der Waals surface area contributed by atoms with Gasteiger partial charge in [-0.1, -0.05) is 13.8 Å². The molecule has 1 saturated heterocycles. The van der Waals surface area contributed by atoms with Crippen LogP contribution in [0.25, 0.3) is 10.9 Å². The number of Topliss-reactive ketones (excluding diaryl/α,β-unsaturated/α-hetero) is 1. The van der Waals surface area contributed by atoms with Crippen LogP contribution in [0.1, 0.15) is 27.7 Å². The average Bonchev–Trinajstić information content (AvgIpc) is 2.63. The highest BCUT2D eigenvalue weighted by atomic mass is 16.1. The van der Waals surface area contributed by atoms with E-state index in [4.69, 9.17) is 0 Å². The van der Waals surface area contributed by atoms with Crippen molar-refractivity contribution in [2.75, 3.05) is 31.1 Å². The van der Waals surface area contributed by atoms with Gasteiger partial charge in [0.05, 0.1) is 23.8 Å². The molecule has 6 heteroatoms. The van der Waals surface area contributed by atoms with E-state index < -0.39 is 0 Å². The molecule has 3 rings (SSSR count). The van der Waals surface area contributed by atoms with E-state index in [0.717, 1.165) is 31.9 Å². The van der Waals surface area contributed by atoms with Gasteiger partial charge in [0, 0.05) is 43.8 Å². The lowest BCUT2D eigenvalue weighted by Crippen LogP contribution is -2.48. The van der Waals surface area contributed by atoms with Gasteiger partial charge < -0.3 is 4.90 Å². The number of rotatable bonds is 5. The molecule has 140 valence electrons. The maximum absolute atomic E-state index is 12.8. The number of hydrogen-bond acceptors (Lipinski definition) is 5. The Bertz CT molecular complexity index is 849. The minimum Gasteiger partial charge on any atom is -0.369 e. The number of anilines is 1. The SMILES string of the molecule is CC(C)C(=O)Cn1cnc2ccc(N3CCN(C(C)C)CC3)cc2c1=O. The standard InChI is InChI=1S/C20H28N4O2/c1-14(2)19(25)12-24-13-21-18-6-5-16(11-17(18)20(24)26)23-9-7-22(8-10-23)15(3)4/h5-6,11,13-15H,7-10,12H2,1-4H3. The topological polar surface area (TPSA) is 58.4 Å². The molecule has 0 N–H and O–H groups in total. The molecule has 0 aliphatic carbocycles. The van der Waals surface area contributed by atoms with Gasteiger partial charge in [0.1, 0.15) is 0 Å². The van der Waals surface area contributed by atoms with Gasteiger partial charge in [-0.25, -0.2) is 4.98 Å². The summed E-state index contributed by atoms with van der Waals surface area (Å²) >= 11 is 0. The summed E-state index contributed by atoms with van der Waals surface area (Å²) in [5.41, 5.74) is 1.58. The molecule has 0 amide bonds. The van der Waals surface area contributed by atoms with E-state index >= 15 is 0 Å². The van der Waals surface area contributed by atoms with E-state index in [2.05, 4.69) is 28.6 Å². The Kier molecular flexibility index (Phi) is 5.41. The van der Waals surface area contributed by atoms with Crippen LogP contribution in [0.15, 0.2) is 29.3 Å². The third kappa shape index (κ3) is 3.80. The van der Waals surface area contributed by atoms with Crippen molar-refractivity contribution in [1.82, 2.24) is 14.5 Å². The number of hydrogen-bond donors (Lipinski definition) is 0. The summed E-state index contributed by atoms with van der Waals surface area (Å²) in [6, 6.07) is 6.41. The summed E-state index contributed by atoms with van der Waals surface area (Å²) in [6.07, 6.45) is 1.48. The van der Waals surface area contributed by atoms with Gasteiger partial charge in [-0.15, -0.1) is 0 Å². The van der Waals surface area contributed by atoms with Gasteiger partial charge in [-0.3, -0.25) is 19.1 Å². The minimum atomic E-state index is -0.147. The first-order valence-corrected chi connectivity index (χ1v) is 9.37. The lowest BCUT2D eigenvalue weighted by Gasteiger charge is -2.38. The van der Waals surface area contributed by atoms with E-state index in [0.29, 0.717) is 16.9 Å². The average molecular weight is 356 g/mol. The highest BCUT2D eigenvalue weighted by molar-refractivity contribution is 5.83. The van der Waals surface area contributed by atoms with Crippen molar-refractivity contribution in [2.24, 2.45) is 5.92 Å². The summed E-state index contributed by atoms with van der Waals surface area (Å²) in [4.78, 5) is 33.9. The maximum atomic E-state index is 12.8. The summed E-state index contributed by atoms with van der Waals surface area (Å²) in [6.45, 7) is 12.2. The molecule has 0 saturated carbocycles. The van der Waals surface area contributed by atoms with E-state index in [1.807, 2.05) is 32.0 Å². The molecule has 0 radical (unpaired) electrons. The Morgan fingerprint density at radius 1 is 1.12 bits per heavy atom. The normalized spacial score (nSPS) is 16.0. The molecule has 1 aromatic heterocycles. The van der Waals surface area contributed by atoms with Gasteiger partial charge in [0.2, 0.25) is 0 Å². The predicted molar refractivity (Wildman–Crippen MR) is 105 cm³/mol. The second-order valence-corrected chi connectivity index (χ2v) is 7.62. The summed E-state index contributed by atoms with van der Waals surface area (Å²) in [5.74, 6) is -0.0598. The maximum Gasteiger partial charge on any atom is 0.261 e. The Morgan fingerprint density at radius 2 is 1.81 bits per heavy atom. The fourth-order valence-corrected chi connectivity index (χ4v) is 3.30. The van der Waals surface area contributed by atoms with Crippen LogP contribution in [0, 0.1) is 5.92 Å². The molecule has 6 nitrogen and oxygen atoms in total. The molecule has 1 aliphatic rings. The molecule has 0 unspecified atom stereocenters. The highest BCUT2D eigenvalue weighted by Gasteiger charge is 2.20. The fraction of sp³-hybridized carbons (Fsp3) is 0.550. The first-order valence-electron chi connectivity index (χ1n) is 9.37. The first-order chi connectivity index (χ1) is 12.4. The van der Waals surface area contributed by atoms with Crippen LogP contribution < -0.4 is 10.5 Å². The Balaban J connectivity index is 1.87. The van der Waals surface area contributed by atoms with Crippen LogP contribution in [0.5, 0.6) is 0 Å². The number of carbonyl (C=O) groups is 1. The van der Waals surface area contributed by atoms with Crippen molar-refractivity contribution >= 4 is 22.4 Å². The minimum absolute atomic E-state index is 0.0363. The highest BCUT2D eigenvalue weighted by Crippen LogP contribution is 2.21. The number of ketones is 1. The van der Waals surface area contributed by atoms with E-state index in [1.54, 1.807) is 0 Å². The molecule has 0 spiro atoms. The lowest BCUT2D eigenvalue weighted by molar-refractivity contribution is -0.122. The molecule has 0 atom stereocenters. The smallest absolute Gasteiger partial charge is 0.261 e. The van der Waals surface area contributed by atoms with Gasteiger partial charge >= 0.3 is 0 Å². The zero-order valence-electron chi connectivity index (χ0n) is 16.1. The van der Waals surface area contributed by atoms with Crippen LogP contribution in [0.2, 0.25) is 0 Å². The third-order valence-corrected chi connectivity index (χ3v) is 5.19. The number of carbonyl (C=O) groups excluding carboxylic acids is 1. The summed E-state index contributed by atoms with van der Waals surface area (Å²) < 4.78 is 1.42. The molecular weight excluding hydrogens is 328 g/mol. The summed E-state index contributed by atoms with van der Waals surface area (Å²) in [5, 5.41) is 0.577. The Morgan fingerprint density at radius 3 is 2.42 bits per heavy atom. The van der Waals surface area contributed by atoms with Crippen LogP contribution in [-0.4, -0.2) is 52.5 Å². The lowest BCUT2D eigenvalue weighted by atomic mass is 10.1. The van der Waals surface area contributed by atoms with Gasteiger partial charge in [0.15, 0.2) is 5.78 Å². The molecule has 1 aromatic carbocycles. The van der Waals surface area contributed by atoms with Crippen LogP contribution in [0.3, 0.4) is 0 Å². The molecule has 0 bridgehead atoms. The van der Waals surface area contributed by atoms with Gasteiger partial charge in [0.25, 0.3) is 5.56 Å². The van der Waals surface area contributed by atoms with Gasteiger partial charge in [-0.05, 0) is 32.0 Å². The Labute approximate surface area is 154 Å². The van der Waals surface area contributed by atoms with E-state index in [1.165, 1.54) is 10.9 Å². The third-order valence-electron chi connectivity index (χ3n) is 5.19. The molecular formula is C20H28N4O2.